The van der Waals surface area contributed by atoms with Crippen LogP contribution in [0.4, 0.5) is 0 Å². The Morgan fingerprint density at radius 2 is 2.05 bits per heavy atom. The van der Waals surface area contributed by atoms with Crippen molar-refractivity contribution in [1.29, 1.82) is 0 Å². The predicted octanol–water partition coefficient (Wildman–Crippen LogP) is 4.47. The lowest BCUT2D eigenvalue weighted by atomic mass is 10.1. The van der Waals surface area contributed by atoms with Gasteiger partial charge in [-0.3, -0.25) is 0 Å². The van der Waals surface area contributed by atoms with Gasteiger partial charge in [0.2, 0.25) is 0 Å². The number of nitrogens with zero attached hydrogens (tertiary/aromatic N) is 1. The van der Waals surface area contributed by atoms with Crippen molar-refractivity contribution in [3.05, 3.63) is 47.8 Å². The van der Waals surface area contributed by atoms with Gasteiger partial charge in [0.1, 0.15) is 11.4 Å². The van der Waals surface area contributed by atoms with Gasteiger partial charge in [-0.05, 0) is 42.6 Å². The summed E-state index contributed by atoms with van der Waals surface area (Å²) in [6.45, 7) is 2.64. The molecule has 0 unspecified atom stereocenters. The third-order valence-corrected chi connectivity index (χ3v) is 3.62. The summed E-state index contributed by atoms with van der Waals surface area (Å²) < 4.78 is 10.8. The Morgan fingerprint density at radius 1 is 1.21 bits per heavy atom. The molecule has 0 radical (unpaired) electrons. The van der Waals surface area contributed by atoms with E-state index >= 15 is 0 Å². The van der Waals surface area contributed by atoms with E-state index in [-0.39, 0.29) is 0 Å². The molecule has 0 saturated heterocycles. The Bertz CT molecular complexity index is 641. The number of thiophene rings is 1. The summed E-state index contributed by atoms with van der Waals surface area (Å²) in [5, 5.41) is 6.13. The standard InChI is InChI=1S/C15H13NO2S/c1-2-17-12-7-5-11(6-8-12)13-10-14(18-16-13)15-4-3-9-19-15/h3-10H,2H2,1H3. The molecule has 3 nitrogen and oxygen atoms in total. The summed E-state index contributed by atoms with van der Waals surface area (Å²) in [5.41, 5.74) is 1.86. The van der Waals surface area contributed by atoms with Crippen LogP contribution < -0.4 is 4.74 Å². The number of benzene rings is 1. The molecule has 0 fully saturated rings. The van der Waals surface area contributed by atoms with E-state index in [1.165, 1.54) is 0 Å². The highest BCUT2D eigenvalue weighted by molar-refractivity contribution is 7.13. The van der Waals surface area contributed by atoms with Crippen molar-refractivity contribution in [2.45, 2.75) is 6.92 Å². The van der Waals surface area contributed by atoms with Crippen LogP contribution in [0.25, 0.3) is 21.9 Å². The van der Waals surface area contributed by atoms with E-state index in [4.69, 9.17) is 9.26 Å². The number of aromatic nitrogens is 1. The van der Waals surface area contributed by atoms with Crippen molar-refractivity contribution in [3.63, 3.8) is 0 Å². The van der Waals surface area contributed by atoms with E-state index in [1.807, 2.05) is 54.8 Å². The maximum atomic E-state index is 5.42. The maximum Gasteiger partial charge on any atom is 0.177 e. The van der Waals surface area contributed by atoms with Gasteiger partial charge in [0.05, 0.1) is 11.5 Å². The second-order valence-electron chi connectivity index (χ2n) is 4.01. The minimum atomic E-state index is 0.672. The van der Waals surface area contributed by atoms with Gasteiger partial charge in [-0.25, -0.2) is 0 Å². The first-order valence-electron chi connectivity index (χ1n) is 6.10. The van der Waals surface area contributed by atoms with Crippen LogP contribution in [0.2, 0.25) is 0 Å². The molecule has 0 bridgehead atoms. The quantitative estimate of drug-likeness (QED) is 0.702. The SMILES string of the molecule is CCOc1ccc(-c2cc(-c3cccs3)on2)cc1. The van der Waals surface area contributed by atoms with Gasteiger partial charge in [-0.15, -0.1) is 11.3 Å². The van der Waals surface area contributed by atoms with Crippen LogP contribution in [0.5, 0.6) is 5.75 Å². The topological polar surface area (TPSA) is 35.3 Å². The van der Waals surface area contributed by atoms with E-state index in [9.17, 15) is 0 Å². The van der Waals surface area contributed by atoms with E-state index in [1.54, 1.807) is 11.3 Å². The molecule has 2 heterocycles. The van der Waals surface area contributed by atoms with E-state index in [2.05, 4.69) is 5.16 Å². The fourth-order valence-corrected chi connectivity index (χ4v) is 2.51. The lowest BCUT2D eigenvalue weighted by Crippen LogP contribution is -1.90. The zero-order chi connectivity index (χ0) is 13.1. The molecule has 0 amide bonds. The summed E-state index contributed by atoms with van der Waals surface area (Å²) in [6, 6.07) is 13.8. The van der Waals surface area contributed by atoms with E-state index < -0.39 is 0 Å². The molecule has 1 aromatic carbocycles. The smallest absolute Gasteiger partial charge is 0.177 e. The van der Waals surface area contributed by atoms with Crippen LogP contribution >= 0.6 is 11.3 Å². The summed E-state index contributed by atoms with van der Waals surface area (Å²) >= 11 is 1.64. The molecule has 0 aliphatic carbocycles. The molecule has 2 aromatic heterocycles. The summed E-state index contributed by atoms with van der Waals surface area (Å²) in [4.78, 5) is 1.09. The normalized spacial score (nSPS) is 10.6. The zero-order valence-corrected chi connectivity index (χ0v) is 11.3. The fourth-order valence-electron chi connectivity index (χ4n) is 1.83. The second kappa shape index (κ2) is 5.28. The van der Waals surface area contributed by atoms with Crippen molar-refractivity contribution in [1.82, 2.24) is 5.16 Å². The third kappa shape index (κ3) is 2.53. The molecular formula is C15H13NO2S. The average Bonchev–Trinajstić information content (AvgIpc) is 3.11. The van der Waals surface area contributed by atoms with Gasteiger partial charge in [0.15, 0.2) is 5.76 Å². The summed E-state index contributed by atoms with van der Waals surface area (Å²) in [6.07, 6.45) is 0. The largest absolute Gasteiger partial charge is 0.494 e. The molecule has 0 N–H and O–H groups in total. The number of hydrogen-bond acceptors (Lipinski definition) is 4. The van der Waals surface area contributed by atoms with Crippen molar-refractivity contribution in [2.75, 3.05) is 6.61 Å². The lowest BCUT2D eigenvalue weighted by molar-refractivity contribution is 0.340. The minimum absolute atomic E-state index is 0.672. The molecule has 19 heavy (non-hydrogen) atoms. The van der Waals surface area contributed by atoms with E-state index in [0.29, 0.717) is 6.61 Å². The Morgan fingerprint density at radius 3 is 2.74 bits per heavy atom. The minimum Gasteiger partial charge on any atom is -0.494 e. The first kappa shape index (κ1) is 12.0. The second-order valence-corrected chi connectivity index (χ2v) is 4.96. The first-order valence-corrected chi connectivity index (χ1v) is 6.98. The molecule has 0 atom stereocenters. The molecule has 0 aliphatic rings. The Balaban J connectivity index is 1.86. The molecule has 3 rings (SSSR count). The highest BCUT2D eigenvalue weighted by atomic mass is 32.1. The van der Waals surface area contributed by atoms with Gasteiger partial charge in [-0.1, -0.05) is 11.2 Å². The van der Waals surface area contributed by atoms with E-state index in [0.717, 1.165) is 27.6 Å². The Hall–Kier alpha value is -2.07. The predicted molar refractivity (Wildman–Crippen MR) is 76.4 cm³/mol. The Labute approximate surface area is 115 Å². The van der Waals surface area contributed by atoms with Gasteiger partial charge >= 0.3 is 0 Å². The number of hydrogen-bond donors (Lipinski definition) is 0. The fraction of sp³-hybridized carbons (Fsp3) is 0.133. The van der Waals surface area contributed by atoms with Gasteiger partial charge < -0.3 is 9.26 Å². The van der Waals surface area contributed by atoms with Crippen LogP contribution in [-0.4, -0.2) is 11.8 Å². The molecular weight excluding hydrogens is 258 g/mol. The van der Waals surface area contributed by atoms with Crippen molar-refractivity contribution < 1.29 is 9.26 Å². The van der Waals surface area contributed by atoms with Gasteiger partial charge in [-0.2, -0.15) is 0 Å². The summed E-state index contributed by atoms with van der Waals surface area (Å²) in [5.74, 6) is 1.67. The molecule has 96 valence electrons. The molecule has 0 saturated carbocycles. The van der Waals surface area contributed by atoms with Crippen LogP contribution in [0, 0.1) is 0 Å². The number of rotatable bonds is 4. The van der Waals surface area contributed by atoms with Crippen LogP contribution in [-0.2, 0) is 0 Å². The molecule has 4 heteroatoms. The van der Waals surface area contributed by atoms with Crippen LogP contribution in [0.15, 0.2) is 52.4 Å². The van der Waals surface area contributed by atoms with Crippen LogP contribution in [0.1, 0.15) is 6.92 Å². The Kier molecular flexibility index (Phi) is 3.33. The lowest BCUT2D eigenvalue weighted by Gasteiger charge is -2.02. The average molecular weight is 271 g/mol. The van der Waals surface area contributed by atoms with Crippen molar-refractivity contribution in [3.8, 4) is 27.6 Å². The monoisotopic (exact) mass is 271 g/mol. The third-order valence-electron chi connectivity index (χ3n) is 2.74. The van der Waals surface area contributed by atoms with Gasteiger partial charge in [0.25, 0.3) is 0 Å². The van der Waals surface area contributed by atoms with Crippen molar-refractivity contribution in [2.24, 2.45) is 0 Å². The molecule has 0 spiro atoms. The van der Waals surface area contributed by atoms with Crippen molar-refractivity contribution >= 4 is 11.3 Å². The highest BCUT2D eigenvalue weighted by Crippen LogP contribution is 2.29. The maximum absolute atomic E-state index is 5.42. The zero-order valence-electron chi connectivity index (χ0n) is 10.5. The highest BCUT2D eigenvalue weighted by Gasteiger charge is 2.09. The number of ether oxygens (including phenoxy) is 1. The van der Waals surface area contributed by atoms with Gasteiger partial charge in [0, 0.05) is 11.6 Å². The first-order chi connectivity index (χ1) is 9.36. The summed E-state index contributed by atoms with van der Waals surface area (Å²) in [7, 11) is 0. The molecule has 0 aliphatic heterocycles. The van der Waals surface area contributed by atoms with Crippen LogP contribution in [0.3, 0.4) is 0 Å². The molecule has 3 aromatic rings.